The molecule has 1 aromatic carbocycles. The van der Waals surface area contributed by atoms with Crippen LogP contribution in [0.1, 0.15) is 58.0 Å². The van der Waals surface area contributed by atoms with E-state index in [2.05, 4.69) is 20.8 Å². The predicted molar refractivity (Wildman–Crippen MR) is 146 cm³/mol. The van der Waals surface area contributed by atoms with E-state index >= 15 is 0 Å². The number of aliphatic hydroxyl groups excluding tert-OH is 1. The van der Waals surface area contributed by atoms with E-state index in [0.29, 0.717) is 36.4 Å². The molecule has 1 aliphatic carbocycles. The van der Waals surface area contributed by atoms with E-state index in [1.165, 1.54) is 16.0 Å². The molecule has 0 radical (unpaired) electrons. The van der Waals surface area contributed by atoms with Crippen molar-refractivity contribution in [3.63, 3.8) is 0 Å². The smallest absolute Gasteiger partial charge is 0.455 e. The molecule has 2 fully saturated rings. The molecule has 4 atom stereocenters. The molecule has 7 nitrogen and oxygen atoms in total. The van der Waals surface area contributed by atoms with Gasteiger partial charge in [0, 0.05) is 0 Å². The minimum Gasteiger partial charge on any atom is -0.459 e. The first-order valence-electron chi connectivity index (χ1n) is 13.7. The number of hydrogen-bond donors (Lipinski definition) is 2. The molecule has 2 N–H and O–H groups in total. The van der Waals surface area contributed by atoms with Crippen molar-refractivity contribution in [3.05, 3.63) is 70.7 Å². The van der Waals surface area contributed by atoms with Gasteiger partial charge in [-0.2, -0.15) is 0 Å². The summed E-state index contributed by atoms with van der Waals surface area (Å²) in [5.74, 6) is -0.00741. The molecule has 2 aromatic rings. The lowest BCUT2D eigenvalue weighted by Gasteiger charge is -2.44. The molecule has 8 heteroatoms. The highest BCUT2D eigenvalue weighted by Gasteiger charge is 2.57. The van der Waals surface area contributed by atoms with Gasteiger partial charge in [-0.05, 0) is 79.8 Å². The van der Waals surface area contributed by atoms with Crippen LogP contribution in [0.2, 0.25) is 6.32 Å². The van der Waals surface area contributed by atoms with Gasteiger partial charge in [-0.1, -0.05) is 50.1 Å². The Balaban J connectivity index is 1.44. The fraction of sp³-hybridized carbons (Fsp3) is 0.467. The Bertz CT molecular complexity index is 1250. The Hall–Kier alpha value is -2.94. The highest BCUT2D eigenvalue weighted by atomic mass is 16.5. The maximum atomic E-state index is 13.8. The topological polar surface area (TPSA) is 100 Å². The average Bonchev–Trinajstić information content (AvgIpc) is 3.47. The summed E-state index contributed by atoms with van der Waals surface area (Å²) in [7, 11) is -0.985. The highest BCUT2D eigenvalue weighted by Crippen LogP contribution is 2.52. The van der Waals surface area contributed by atoms with Crippen LogP contribution >= 0.6 is 0 Å². The number of carbonyl (C=O) groups is 2. The van der Waals surface area contributed by atoms with E-state index in [4.69, 9.17) is 9.07 Å². The molecule has 3 aliphatic rings. The number of furan rings is 1. The summed E-state index contributed by atoms with van der Waals surface area (Å²) in [6, 6.07) is 12.7. The van der Waals surface area contributed by atoms with Crippen molar-refractivity contribution >= 4 is 30.7 Å². The molecule has 0 saturated carbocycles. The molecule has 5 rings (SSSR count). The lowest BCUT2D eigenvalue weighted by molar-refractivity contribution is -0.122. The number of fused-ring (bicyclic) bond motifs is 3. The van der Waals surface area contributed by atoms with Gasteiger partial charge in [-0.3, -0.25) is 14.5 Å². The quantitative estimate of drug-likeness (QED) is 0.290. The summed E-state index contributed by atoms with van der Waals surface area (Å²) in [5.41, 5.74) is 4.07. The van der Waals surface area contributed by atoms with Crippen LogP contribution in [0.25, 0.3) is 6.08 Å². The van der Waals surface area contributed by atoms with E-state index in [-0.39, 0.29) is 36.4 Å². The number of para-hydroxylation sites is 1. The lowest BCUT2D eigenvalue weighted by Crippen LogP contribution is -2.46. The van der Waals surface area contributed by atoms with E-state index in [1.54, 1.807) is 18.2 Å². The largest absolute Gasteiger partial charge is 0.459 e. The van der Waals surface area contributed by atoms with Crippen molar-refractivity contribution in [2.75, 3.05) is 4.90 Å². The minimum absolute atomic E-state index is 0.137. The zero-order valence-electron chi connectivity index (χ0n) is 22.3. The van der Waals surface area contributed by atoms with Crippen LogP contribution in [-0.2, 0) is 20.9 Å². The highest BCUT2D eigenvalue weighted by molar-refractivity contribution is 6.43. The number of aliphatic hydroxyl groups is 1. The number of anilines is 1. The predicted octanol–water partition coefficient (Wildman–Crippen LogP) is 5.00. The van der Waals surface area contributed by atoms with Gasteiger partial charge in [0.15, 0.2) is 0 Å². The molecule has 2 amide bonds. The van der Waals surface area contributed by atoms with E-state index in [0.717, 1.165) is 18.4 Å². The monoisotopic (exact) mass is 517 g/mol. The van der Waals surface area contributed by atoms with Gasteiger partial charge in [0.1, 0.15) is 18.1 Å². The number of allylic oxidation sites excluding steroid dienone is 2. The second-order valence-electron chi connectivity index (χ2n) is 10.9. The maximum Gasteiger partial charge on any atom is 0.455 e. The number of rotatable bonds is 8. The first kappa shape index (κ1) is 26.7. The molecule has 2 aliphatic heterocycles. The van der Waals surface area contributed by atoms with Gasteiger partial charge in [0.05, 0.1) is 23.6 Å². The summed E-state index contributed by atoms with van der Waals surface area (Å²) in [5, 5.41) is 20.1. The molecule has 0 spiro atoms. The molecule has 0 bridgehead atoms. The number of carbonyl (C=O) groups excluding carboxylic acids is 2. The fourth-order valence-electron chi connectivity index (χ4n) is 6.51. The fourth-order valence-corrected chi connectivity index (χ4v) is 6.51. The molecular formula is C30H36BNO6. The van der Waals surface area contributed by atoms with Gasteiger partial charge in [0.25, 0.3) is 0 Å². The van der Waals surface area contributed by atoms with Crippen molar-refractivity contribution in [3.8, 4) is 0 Å². The van der Waals surface area contributed by atoms with Crippen LogP contribution in [0.5, 0.6) is 0 Å². The average molecular weight is 517 g/mol. The zero-order chi connectivity index (χ0) is 27.0. The van der Waals surface area contributed by atoms with E-state index < -0.39 is 19.0 Å². The Kier molecular flexibility index (Phi) is 7.75. The summed E-state index contributed by atoms with van der Waals surface area (Å²) < 4.78 is 11.8. The first-order chi connectivity index (χ1) is 18.3. The molecule has 3 heterocycles. The normalized spacial score (nSPS) is 25.9. The van der Waals surface area contributed by atoms with Crippen molar-refractivity contribution in [1.82, 2.24) is 0 Å². The third-order valence-corrected chi connectivity index (χ3v) is 8.32. The van der Waals surface area contributed by atoms with Crippen LogP contribution in [0.3, 0.4) is 0 Å². The van der Waals surface area contributed by atoms with Crippen LogP contribution in [0.4, 0.5) is 5.69 Å². The molecule has 1 aromatic heterocycles. The van der Waals surface area contributed by atoms with Crippen molar-refractivity contribution in [2.45, 2.75) is 65.5 Å². The summed E-state index contributed by atoms with van der Waals surface area (Å²) in [4.78, 5) is 28.7. The SMILES string of the molecule is CC/C(=C\c1ccc(CO)o1)CC[C@H]1OB(O)C[C@H]2C1=C(C(C)C)C[C@H]1C(=O)N(c3ccccc3)C(=O)[C@H]12. The number of imide groups is 1. The lowest BCUT2D eigenvalue weighted by atomic mass is 9.57. The van der Waals surface area contributed by atoms with Gasteiger partial charge in [-0.15, -0.1) is 0 Å². The van der Waals surface area contributed by atoms with Gasteiger partial charge < -0.3 is 19.2 Å². The molecule has 0 unspecified atom stereocenters. The Morgan fingerprint density at radius 1 is 1.13 bits per heavy atom. The first-order valence-corrected chi connectivity index (χ1v) is 13.7. The summed E-state index contributed by atoms with van der Waals surface area (Å²) in [6.45, 7) is 6.21. The molecular weight excluding hydrogens is 481 g/mol. The number of hydrogen-bond acceptors (Lipinski definition) is 6. The zero-order valence-corrected chi connectivity index (χ0v) is 22.3. The van der Waals surface area contributed by atoms with Crippen LogP contribution in [0.15, 0.2) is 63.6 Å². The second-order valence-corrected chi connectivity index (χ2v) is 10.9. The van der Waals surface area contributed by atoms with Crippen LogP contribution in [-0.4, -0.2) is 35.2 Å². The number of nitrogens with zero attached hydrogens (tertiary/aromatic N) is 1. The molecule has 2 saturated heterocycles. The summed E-state index contributed by atoms with van der Waals surface area (Å²) in [6.07, 6.45) is 4.77. The van der Waals surface area contributed by atoms with Gasteiger partial charge in [-0.25, -0.2) is 0 Å². The van der Waals surface area contributed by atoms with Crippen molar-refractivity contribution in [1.29, 1.82) is 0 Å². The van der Waals surface area contributed by atoms with Gasteiger partial charge in [0.2, 0.25) is 11.8 Å². The third kappa shape index (κ3) is 4.93. The Morgan fingerprint density at radius 3 is 2.55 bits per heavy atom. The number of benzene rings is 1. The molecule has 38 heavy (non-hydrogen) atoms. The van der Waals surface area contributed by atoms with E-state index in [1.807, 2.05) is 30.3 Å². The Morgan fingerprint density at radius 2 is 1.89 bits per heavy atom. The van der Waals surface area contributed by atoms with Gasteiger partial charge >= 0.3 is 7.12 Å². The Labute approximate surface area is 224 Å². The minimum atomic E-state index is -0.985. The third-order valence-electron chi connectivity index (χ3n) is 8.32. The summed E-state index contributed by atoms with van der Waals surface area (Å²) >= 11 is 0. The number of amides is 2. The van der Waals surface area contributed by atoms with Crippen LogP contribution in [0, 0.1) is 23.7 Å². The standard InChI is InChI=1S/C30H36BNO6/c1-4-19(14-21-11-12-22(17-33)37-21)10-13-26-27-23(18(2)3)15-24-28(25(27)16-31(36)38-26)30(35)32(29(24)34)20-8-6-5-7-9-20/h5-9,11-12,14,18,24-26,28,33,36H,4,10,13,15-17H2,1-3H3/b19-14+/t24-,25+,26-,28-/m1/s1. The maximum absolute atomic E-state index is 13.8. The van der Waals surface area contributed by atoms with Crippen molar-refractivity contribution < 1.29 is 28.8 Å². The van der Waals surface area contributed by atoms with Crippen LogP contribution < -0.4 is 4.90 Å². The second kappa shape index (κ2) is 11.0. The molecule has 200 valence electrons. The van der Waals surface area contributed by atoms with Crippen molar-refractivity contribution in [2.24, 2.45) is 23.7 Å². The van der Waals surface area contributed by atoms with E-state index in [9.17, 15) is 19.7 Å².